The highest BCUT2D eigenvalue weighted by Crippen LogP contribution is 2.12. The van der Waals surface area contributed by atoms with Gasteiger partial charge in [0, 0.05) is 0 Å². The molecular formula is C10H11O3. The van der Waals surface area contributed by atoms with E-state index in [1.54, 1.807) is 12.1 Å². The standard InChI is InChI=1S/C10H11O3/c1-2-4-9(5-3-1)13-10-8-11-6-7-12-10/h2-5,10H,6-8H2. The lowest BCUT2D eigenvalue weighted by atomic mass is 10.3. The molecule has 69 valence electrons. The van der Waals surface area contributed by atoms with Crippen molar-refractivity contribution in [2.45, 2.75) is 6.29 Å². The second kappa shape index (κ2) is 4.25. The molecule has 1 saturated heterocycles. The zero-order valence-corrected chi connectivity index (χ0v) is 7.23. The van der Waals surface area contributed by atoms with Gasteiger partial charge in [0.2, 0.25) is 6.29 Å². The number of rotatable bonds is 2. The molecule has 0 bridgehead atoms. The zero-order chi connectivity index (χ0) is 8.93. The van der Waals surface area contributed by atoms with Gasteiger partial charge in [-0.3, -0.25) is 0 Å². The number of benzene rings is 1. The summed E-state index contributed by atoms with van der Waals surface area (Å²) in [5, 5.41) is 0. The molecule has 1 atom stereocenters. The maximum Gasteiger partial charge on any atom is 0.223 e. The minimum atomic E-state index is -0.267. The largest absolute Gasteiger partial charge is 0.462 e. The van der Waals surface area contributed by atoms with Gasteiger partial charge in [-0.15, -0.1) is 0 Å². The van der Waals surface area contributed by atoms with Crippen LogP contribution in [-0.4, -0.2) is 26.1 Å². The fourth-order valence-electron chi connectivity index (χ4n) is 1.14. The van der Waals surface area contributed by atoms with Crippen LogP contribution in [-0.2, 0) is 9.47 Å². The second-order valence-electron chi connectivity index (χ2n) is 2.73. The van der Waals surface area contributed by atoms with Gasteiger partial charge in [0.15, 0.2) is 0 Å². The average Bonchev–Trinajstić information content (AvgIpc) is 2.21. The first kappa shape index (κ1) is 8.53. The molecule has 13 heavy (non-hydrogen) atoms. The van der Waals surface area contributed by atoms with Gasteiger partial charge in [-0.05, 0) is 18.2 Å². The molecule has 1 radical (unpaired) electrons. The van der Waals surface area contributed by atoms with E-state index in [0.717, 1.165) is 5.75 Å². The quantitative estimate of drug-likeness (QED) is 0.683. The van der Waals surface area contributed by atoms with Crippen LogP contribution >= 0.6 is 0 Å². The van der Waals surface area contributed by atoms with Crippen molar-refractivity contribution in [1.82, 2.24) is 0 Å². The van der Waals surface area contributed by atoms with Crippen LogP contribution in [0.4, 0.5) is 0 Å². The Balaban J connectivity index is 1.90. The minimum absolute atomic E-state index is 0.267. The third-order valence-electron chi connectivity index (χ3n) is 1.74. The zero-order valence-electron chi connectivity index (χ0n) is 7.23. The third kappa shape index (κ3) is 2.44. The van der Waals surface area contributed by atoms with Crippen LogP contribution in [0.1, 0.15) is 0 Å². The average molecular weight is 179 g/mol. The Bertz CT molecular complexity index is 242. The summed E-state index contributed by atoms with van der Waals surface area (Å²) in [6.45, 7) is 1.75. The molecule has 0 aliphatic carbocycles. The van der Waals surface area contributed by atoms with Gasteiger partial charge in [0.1, 0.15) is 12.4 Å². The predicted molar refractivity (Wildman–Crippen MR) is 46.5 cm³/mol. The molecule has 1 unspecified atom stereocenters. The van der Waals surface area contributed by atoms with Crippen molar-refractivity contribution in [3.63, 3.8) is 0 Å². The lowest BCUT2D eigenvalue weighted by Gasteiger charge is -2.23. The first-order chi connectivity index (χ1) is 6.45. The number of hydrogen-bond donors (Lipinski definition) is 0. The Hall–Kier alpha value is -1.06. The van der Waals surface area contributed by atoms with Crippen molar-refractivity contribution in [1.29, 1.82) is 0 Å². The van der Waals surface area contributed by atoms with Gasteiger partial charge in [-0.2, -0.15) is 0 Å². The Morgan fingerprint density at radius 1 is 1.31 bits per heavy atom. The van der Waals surface area contributed by atoms with E-state index in [-0.39, 0.29) is 6.29 Å². The highest BCUT2D eigenvalue weighted by atomic mass is 16.7. The molecule has 1 aliphatic heterocycles. The summed E-state index contributed by atoms with van der Waals surface area (Å²) >= 11 is 0. The summed E-state index contributed by atoms with van der Waals surface area (Å²) in [6.07, 6.45) is -0.267. The number of ether oxygens (including phenoxy) is 3. The van der Waals surface area contributed by atoms with E-state index in [1.165, 1.54) is 0 Å². The third-order valence-corrected chi connectivity index (χ3v) is 1.74. The molecule has 1 aromatic rings. The normalized spacial score (nSPS) is 22.6. The summed E-state index contributed by atoms with van der Waals surface area (Å²) in [4.78, 5) is 0. The molecule has 1 fully saturated rings. The summed E-state index contributed by atoms with van der Waals surface area (Å²) < 4.78 is 16.0. The fourth-order valence-corrected chi connectivity index (χ4v) is 1.14. The Kier molecular flexibility index (Phi) is 2.79. The van der Waals surface area contributed by atoms with E-state index in [9.17, 15) is 0 Å². The Morgan fingerprint density at radius 2 is 2.15 bits per heavy atom. The van der Waals surface area contributed by atoms with E-state index in [4.69, 9.17) is 14.2 Å². The fraction of sp³-hybridized carbons (Fsp3) is 0.400. The predicted octanol–water partition coefficient (Wildman–Crippen LogP) is 1.24. The molecule has 3 heteroatoms. The molecule has 1 heterocycles. The van der Waals surface area contributed by atoms with Crippen LogP contribution in [0.5, 0.6) is 5.75 Å². The van der Waals surface area contributed by atoms with Crippen LogP contribution < -0.4 is 4.74 Å². The van der Waals surface area contributed by atoms with Crippen LogP contribution in [0, 0.1) is 6.07 Å². The first-order valence-corrected chi connectivity index (χ1v) is 4.27. The van der Waals surface area contributed by atoms with E-state index >= 15 is 0 Å². The Morgan fingerprint density at radius 3 is 2.85 bits per heavy atom. The molecule has 1 aliphatic rings. The van der Waals surface area contributed by atoms with Crippen molar-refractivity contribution in [2.24, 2.45) is 0 Å². The summed E-state index contributed by atoms with van der Waals surface area (Å²) in [5.41, 5.74) is 0. The van der Waals surface area contributed by atoms with Gasteiger partial charge in [-0.25, -0.2) is 0 Å². The molecule has 0 saturated carbocycles. The second-order valence-corrected chi connectivity index (χ2v) is 2.73. The smallest absolute Gasteiger partial charge is 0.223 e. The van der Waals surface area contributed by atoms with E-state index in [1.807, 2.05) is 12.1 Å². The van der Waals surface area contributed by atoms with E-state index in [2.05, 4.69) is 6.07 Å². The van der Waals surface area contributed by atoms with E-state index < -0.39 is 0 Å². The highest BCUT2D eigenvalue weighted by Gasteiger charge is 2.14. The molecule has 0 aromatic heterocycles. The lowest BCUT2D eigenvalue weighted by Crippen LogP contribution is -2.33. The molecular weight excluding hydrogens is 168 g/mol. The van der Waals surface area contributed by atoms with Crippen molar-refractivity contribution < 1.29 is 14.2 Å². The summed E-state index contributed by atoms with van der Waals surface area (Å²) in [6, 6.07) is 10.2. The minimum Gasteiger partial charge on any atom is -0.462 e. The molecule has 0 spiro atoms. The van der Waals surface area contributed by atoms with Gasteiger partial charge < -0.3 is 14.2 Å². The SMILES string of the molecule is [c]1ccc(OC2COCCO2)cc1. The molecule has 2 rings (SSSR count). The maximum absolute atomic E-state index is 5.49. The summed E-state index contributed by atoms with van der Waals surface area (Å²) in [7, 11) is 0. The van der Waals surface area contributed by atoms with Crippen molar-refractivity contribution >= 4 is 0 Å². The first-order valence-electron chi connectivity index (χ1n) is 4.27. The van der Waals surface area contributed by atoms with Crippen molar-refractivity contribution in [2.75, 3.05) is 19.8 Å². The lowest BCUT2D eigenvalue weighted by molar-refractivity contribution is -0.170. The Labute approximate surface area is 77.2 Å². The van der Waals surface area contributed by atoms with Gasteiger partial charge in [0.05, 0.1) is 13.2 Å². The van der Waals surface area contributed by atoms with Crippen LogP contribution in [0.25, 0.3) is 0 Å². The molecule has 3 nitrogen and oxygen atoms in total. The monoisotopic (exact) mass is 179 g/mol. The molecule has 1 aromatic carbocycles. The molecule has 0 N–H and O–H groups in total. The highest BCUT2D eigenvalue weighted by molar-refractivity contribution is 5.20. The number of hydrogen-bond acceptors (Lipinski definition) is 3. The van der Waals surface area contributed by atoms with Gasteiger partial charge in [0.25, 0.3) is 0 Å². The molecule has 0 amide bonds. The van der Waals surface area contributed by atoms with Gasteiger partial charge in [-0.1, -0.05) is 12.1 Å². The van der Waals surface area contributed by atoms with Crippen molar-refractivity contribution in [3.8, 4) is 5.75 Å². The maximum atomic E-state index is 5.49. The summed E-state index contributed by atoms with van der Waals surface area (Å²) in [5.74, 6) is 0.786. The van der Waals surface area contributed by atoms with Crippen LogP contribution in [0.15, 0.2) is 24.3 Å². The van der Waals surface area contributed by atoms with Gasteiger partial charge >= 0.3 is 0 Å². The van der Waals surface area contributed by atoms with E-state index in [0.29, 0.717) is 19.8 Å². The topological polar surface area (TPSA) is 27.7 Å². The van der Waals surface area contributed by atoms with Crippen LogP contribution in [0.2, 0.25) is 0 Å². The van der Waals surface area contributed by atoms with Crippen LogP contribution in [0.3, 0.4) is 0 Å². The van der Waals surface area contributed by atoms with Crippen molar-refractivity contribution in [3.05, 3.63) is 30.3 Å².